The molecule has 1 aromatic rings. The van der Waals surface area contributed by atoms with Crippen LogP contribution in [0.15, 0.2) is 12.1 Å². The van der Waals surface area contributed by atoms with Crippen molar-refractivity contribution >= 4 is 5.78 Å². The number of aryl methyl sites for hydroxylation is 3. The minimum absolute atomic E-state index is 0.238. The highest BCUT2D eigenvalue weighted by atomic mass is 16.1. The molecule has 1 N–H and O–H groups in total. The van der Waals surface area contributed by atoms with E-state index >= 15 is 0 Å². The van der Waals surface area contributed by atoms with E-state index in [9.17, 15) is 4.79 Å². The smallest absolute Gasteiger partial charge is 0.166 e. The lowest BCUT2D eigenvalue weighted by atomic mass is 9.81. The van der Waals surface area contributed by atoms with Gasteiger partial charge in [-0.15, -0.1) is 0 Å². The van der Waals surface area contributed by atoms with Crippen molar-refractivity contribution in [3.8, 4) is 0 Å². The summed E-state index contributed by atoms with van der Waals surface area (Å²) in [6.45, 7) is 6.46. The second-order valence-electron chi connectivity index (χ2n) is 6.84. The molecule has 2 aliphatic heterocycles. The van der Waals surface area contributed by atoms with Gasteiger partial charge in [0.15, 0.2) is 5.78 Å². The molecule has 0 amide bonds. The van der Waals surface area contributed by atoms with Crippen molar-refractivity contribution in [2.24, 2.45) is 5.92 Å². The van der Waals surface area contributed by atoms with Crippen molar-refractivity contribution in [3.05, 3.63) is 34.4 Å². The average molecular weight is 285 g/mol. The van der Waals surface area contributed by atoms with Gasteiger partial charge in [0.1, 0.15) is 0 Å². The summed E-state index contributed by atoms with van der Waals surface area (Å²) < 4.78 is 0. The summed E-state index contributed by atoms with van der Waals surface area (Å²) in [4.78, 5) is 13.2. The van der Waals surface area contributed by atoms with Gasteiger partial charge in [-0.3, -0.25) is 4.79 Å². The number of piperidine rings is 1. The standard InChI is InChI=1S/C19H27NO/c1-4-13-8-12(3)9-14(5-2)18(13)19(21)15-10-16-6-7-17(11-15)20-16/h8-9,15-17,20H,4-7,10-11H2,1-3H3. The predicted octanol–water partition coefficient (Wildman–Crippen LogP) is 3.83. The first kappa shape index (κ1) is 14.8. The Bertz CT molecular complexity index is 511. The molecule has 0 aromatic heterocycles. The van der Waals surface area contributed by atoms with Gasteiger partial charge in [0, 0.05) is 23.6 Å². The quantitative estimate of drug-likeness (QED) is 0.852. The summed E-state index contributed by atoms with van der Waals surface area (Å²) in [5.74, 6) is 0.657. The van der Waals surface area contributed by atoms with Gasteiger partial charge < -0.3 is 5.32 Å². The van der Waals surface area contributed by atoms with E-state index in [-0.39, 0.29) is 5.92 Å². The zero-order chi connectivity index (χ0) is 15.0. The van der Waals surface area contributed by atoms with Crippen LogP contribution >= 0.6 is 0 Å². The predicted molar refractivity (Wildman–Crippen MR) is 86.9 cm³/mol. The summed E-state index contributed by atoms with van der Waals surface area (Å²) in [5.41, 5.74) is 4.84. The molecule has 2 heteroatoms. The van der Waals surface area contributed by atoms with Crippen LogP contribution < -0.4 is 5.32 Å². The van der Waals surface area contributed by atoms with E-state index < -0.39 is 0 Å². The highest BCUT2D eigenvalue weighted by Gasteiger charge is 2.37. The minimum Gasteiger partial charge on any atom is -0.311 e. The fourth-order valence-electron chi connectivity index (χ4n) is 4.29. The molecule has 0 spiro atoms. The summed E-state index contributed by atoms with van der Waals surface area (Å²) in [6, 6.07) is 5.58. The molecule has 1 aromatic carbocycles. The Morgan fingerprint density at radius 3 is 2.10 bits per heavy atom. The minimum atomic E-state index is 0.238. The normalized spacial score (nSPS) is 27.9. The number of hydrogen-bond donors (Lipinski definition) is 1. The number of carbonyl (C=O) groups excluding carboxylic acids is 1. The molecule has 0 saturated carbocycles. The molecule has 2 fully saturated rings. The first-order valence-corrected chi connectivity index (χ1v) is 8.55. The summed E-state index contributed by atoms with van der Waals surface area (Å²) in [5, 5.41) is 3.64. The molecule has 2 nitrogen and oxygen atoms in total. The Morgan fingerprint density at radius 1 is 1.10 bits per heavy atom. The molecule has 3 rings (SSSR count). The molecule has 114 valence electrons. The van der Waals surface area contributed by atoms with Crippen LogP contribution in [0.3, 0.4) is 0 Å². The Hall–Kier alpha value is -1.15. The van der Waals surface area contributed by atoms with Crippen molar-refractivity contribution < 1.29 is 4.79 Å². The molecule has 0 radical (unpaired) electrons. The topological polar surface area (TPSA) is 29.1 Å². The number of benzene rings is 1. The molecule has 2 aliphatic rings. The number of ketones is 1. The highest BCUT2D eigenvalue weighted by molar-refractivity contribution is 6.00. The second-order valence-corrected chi connectivity index (χ2v) is 6.84. The Balaban J connectivity index is 1.93. The maximum absolute atomic E-state index is 13.2. The van der Waals surface area contributed by atoms with Crippen molar-refractivity contribution in [3.63, 3.8) is 0 Å². The van der Waals surface area contributed by atoms with Gasteiger partial charge >= 0.3 is 0 Å². The zero-order valence-electron chi connectivity index (χ0n) is 13.5. The number of nitrogens with one attached hydrogen (secondary N) is 1. The molecule has 2 heterocycles. The van der Waals surface area contributed by atoms with Gasteiger partial charge in [-0.1, -0.05) is 31.5 Å². The van der Waals surface area contributed by atoms with E-state index in [0.29, 0.717) is 17.9 Å². The van der Waals surface area contributed by atoms with Crippen LogP contribution in [0.25, 0.3) is 0 Å². The molecule has 2 saturated heterocycles. The summed E-state index contributed by atoms with van der Waals surface area (Å²) in [7, 11) is 0. The van der Waals surface area contributed by atoms with Crippen molar-refractivity contribution in [2.75, 3.05) is 0 Å². The molecule has 2 bridgehead atoms. The van der Waals surface area contributed by atoms with E-state index in [1.807, 2.05) is 0 Å². The van der Waals surface area contributed by atoms with Crippen LogP contribution in [0.2, 0.25) is 0 Å². The third kappa shape index (κ3) is 2.78. The monoisotopic (exact) mass is 285 g/mol. The van der Waals surface area contributed by atoms with Gasteiger partial charge in [-0.2, -0.15) is 0 Å². The number of hydrogen-bond acceptors (Lipinski definition) is 2. The van der Waals surface area contributed by atoms with Crippen LogP contribution in [-0.2, 0) is 12.8 Å². The molecular weight excluding hydrogens is 258 g/mol. The fraction of sp³-hybridized carbons (Fsp3) is 0.632. The Labute approximate surface area is 128 Å². The van der Waals surface area contributed by atoms with E-state index in [1.54, 1.807) is 0 Å². The van der Waals surface area contributed by atoms with E-state index in [1.165, 1.54) is 29.5 Å². The van der Waals surface area contributed by atoms with Gasteiger partial charge in [0.25, 0.3) is 0 Å². The number of Topliss-reactive ketones (excluding diaryl/α,β-unsaturated/α-hetero) is 1. The van der Waals surface area contributed by atoms with Crippen molar-refractivity contribution in [1.82, 2.24) is 5.32 Å². The first-order valence-electron chi connectivity index (χ1n) is 8.55. The third-order valence-corrected chi connectivity index (χ3v) is 5.30. The van der Waals surface area contributed by atoms with Gasteiger partial charge in [-0.25, -0.2) is 0 Å². The molecule has 21 heavy (non-hydrogen) atoms. The molecule has 2 unspecified atom stereocenters. The van der Waals surface area contributed by atoms with Gasteiger partial charge in [-0.05, 0) is 56.6 Å². The van der Waals surface area contributed by atoms with Crippen molar-refractivity contribution in [1.29, 1.82) is 0 Å². The lowest BCUT2D eigenvalue weighted by Gasteiger charge is -2.29. The summed E-state index contributed by atoms with van der Waals surface area (Å²) >= 11 is 0. The Morgan fingerprint density at radius 2 is 1.62 bits per heavy atom. The van der Waals surface area contributed by atoms with Gasteiger partial charge in [0.2, 0.25) is 0 Å². The second kappa shape index (κ2) is 5.92. The van der Waals surface area contributed by atoms with E-state index in [2.05, 4.69) is 38.2 Å². The zero-order valence-corrected chi connectivity index (χ0v) is 13.5. The van der Waals surface area contributed by atoms with Crippen LogP contribution in [0.5, 0.6) is 0 Å². The average Bonchev–Trinajstić information content (AvgIpc) is 2.83. The Kier molecular flexibility index (Phi) is 4.17. The largest absolute Gasteiger partial charge is 0.311 e. The van der Waals surface area contributed by atoms with E-state index in [0.717, 1.165) is 31.2 Å². The highest BCUT2D eigenvalue weighted by Crippen LogP contribution is 2.34. The van der Waals surface area contributed by atoms with E-state index in [4.69, 9.17) is 0 Å². The third-order valence-electron chi connectivity index (χ3n) is 5.30. The van der Waals surface area contributed by atoms with Crippen LogP contribution in [-0.4, -0.2) is 17.9 Å². The maximum atomic E-state index is 13.2. The molecule has 2 atom stereocenters. The molecule has 0 aliphatic carbocycles. The first-order chi connectivity index (χ1) is 10.1. The van der Waals surface area contributed by atoms with Crippen molar-refractivity contribution in [2.45, 2.75) is 71.4 Å². The lowest BCUT2D eigenvalue weighted by Crippen LogP contribution is -2.40. The van der Waals surface area contributed by atoms with Crippen LogP contribution in [0, 0.1) is 12.8 Å². The maximum Gasteiger partial charge on any atom is 0.166 e. The number of rotatable bonds is 4. The van der Waals surface area contributed by atoms with Gasteiger partial charge in [0.05, 0.1) is 0 Å². The number of carbonyl (C=O) groups is 1. The molecular formula is C19H27NO. The van der Waals surface area contributed by atoms with Crippen LogP contribution in [0.4, 0.5) is 0 Å². The number of fused-ring (bicyclic) bond motifs is 2. The summed E-state index contributed by atoms with van der Waals surface area (Å²) in [6.07, 6.45) is 6.49. The van der Waals surface area contributed by atoms with Crippen LogP contribution in [0.1, 0.15) is 66.6 Å². The lowest BCUT2D eigenvalue weighted by molar-refractivity contribution is 0.0873. The fourth-order valence-corrected chi connectivity index (χ4v) is 4.29. The SMILES string of the molecule is CCc1cc(C)cc(CC)c1C(=O)C1CC2CCC(C1)N2.